The Bertz CT molecular complexity index is 279. The number of hydrogen-bond acceptors (Lipinski definition) is 1. The summed E-state index contributed by atoms with van der Waals surface area (Å²) in [5, 5.41) is 0. The molecule has 0 amide bonds. The van der Waals surface area contributed by atoms with Crippen LogP contribution in [0.25, 0.3) is 0 Å². The van der Waals surface area contributed by atoms with Gasteiger partial charge in [-0.05, 0) is 24.3 Å². The summed E-state index contributed by atoms with van der Waals surface area (Å²) < 4.78 is 1.08. The molecule has 1 aromatic rings. The highest BCUT2D eigenvalue weighted by Gasteiger charge is 1.85. The smallest absolute Gasteiger partial charge is 0.0521 e. The van der Waals surface area contributed by atoms with Crippen molar-refractivity contribution in [3.8, 4) is 11.8 Å². The van der Waals surface area contributed by atoms with E-state index in [2.05, 4.69) is 40.4 Å². The Kier molecular flexibility index (Phi) is 3.55. The maximum atomic E-state index is 3.99. The highest BCUT2D eigenvalue weighted by Crippen LogP contribution is 2.09. The molecule has 0 aliphatic rings. The molecule has 0 fully saturated rings. The van der Waals surface area contributed by atoms with Crippen molar-refractivity contribution in [3.05, 3.63) is 34.3 Å². The molecule has 0 heterocycles. The van der Waals surface area contributed by atoms with Crippen LogP contribution in [-0.4, -0.2) is 5.75 Å². The van der Waals surface area contributed by atoms with E-state index in [-0.39, 0.29) is 0 Å². The third-order valence-electron chi connectivity index (χ3n) is 1.16. The second kappa shape index (κ2) is 4.48. The van der Waals surface area contributed by atoms with Crippen molar-refractivity contribution in [2.24, 2.45) is 0 Å². The number of halogens is 1. The van der Waals surface area contributed by atoms with Crippen LogP contribution in [0.2, 0.25) is 0 Å². The molecule has 56 valence electrons. The van der Waals surface area contributed by atoms with Crippen LogP contribution >= 0.6 is 28.6 Å². The van der Waals surface area contributed by atoms with Gasteiger partial charge in [0.05, 0.1) is 5.75 Å². The van der Waals surface area contributed by atoms with Gasteiger partial charge in [0.2, 0.25) is 0 Å². The fourth-order valence-corrected chi connectivity index (χ4v) is 1.02. The first-order chi connectivity index (χ1) is 5.33. The first kappa shape index (κ1) is 8.70. The summed E-state index contributed by atoms with van der Waals surface area (Å²) in [7, 11) is 0. The van der Waals surface area contributed by atoms with E-state index in [1.54, 1.807) is 0 Å². The van der Waals surface area contributed by atoms with Crippen molar-refractivity contribution in [2.75, 3.05) is 5.75 Å². The zero-order valence-corrected chi connectivity index (χ0v) is 8.32. The average Bonchev–Trinajstić information content (AvgIpc) is 2.04. The molecule has 1 rings (SSSR count). The highest BCUT2D eigenvalue weighted by atomic mass is 79.9. The SMILES string of the molecule is SCC#Cc1ccc(Br)cc1. The van der Waals surface area contributed by atoms with Gasteiger partial charge < -0.3 is 0 Å². The van der Waals surface area contributed by atoms with Gasteiger partial charge in [0, 0.05) is 10.0 Å². The van der Waals surface area contributed by atoms with Crippen LogP contribution in [0.4, 0.5) is 0 Å². The standard InChI is InChI=1S/C9H7BrS/c10-9-5-3-8(4-6-9)2-1-7-11/h3-6,11H,7H2. The average molecular weight is 227 g/mol. The molecule has 2 heteroatoms. The molecule has 0 aliphatic carbocycles. The highest BCUT2D eigenvalue weighted by molar-refractivity contribution is 9.10. The van der Waals surface area contributed by atoms with Crippen LogP contribution < -0.4 is 0 Å². The monoisotopic (exact) mass is 226 g/mol. The summed E-state index contributed by atoms with van der Waals surface area (Å²) in [5.74, 6) is 6.46. The number of rotatable bonds is 0. The summed E-state index contributed by atoms with van der Waals surface area (Å²) in [6.45, 7) is 0. The third kappa shape index (κ3) is 3.00. The molecule has 0 atom stereocenters. The van der Waals surface area contributed by atoms with Crippen LogP contribution in [0.5, 0.6) is 0 Å². The molecule has 0 saturated carbocycles. The van der Waals surface area contributed by atoms with Gasteiger partial charge in [-0.15, -0.1) is 0 Å². The van der Waals surface area contributed by atoms with Crippen molar-refractivity contribution >= 4 is 28.6 Å². The fourth-order valence-electron chi connectivity index (χ4n) is 0.675. The summed E-state index contributed by atoms with van der Waals surface area (Å²) in [6.07, 6.45) is 0. The summed E-state index contributed by atoms with van der Waals surface area (Å²) in [6, 6.07) is 7.89. The van der Waals surface area contributed by atoms with Gasteiger partial charge in [-0.25, -0.2) is 0 Å². The number of benzene rings is 1. The minimum atomic E-state index is 0.607. The molecule has 0 bridgehead atoms. The zero-order chi connectivity index (χ0) is 8.10. The molecule has 0 aromatic heterocycles. The number of thiol groups is 1. The van der Waals surface area contributed by atoms with Crippen molar-refractivity contribution in [1.29, 1.82) is 0 Å². The third-order valence-corrected chi connectivity index (χ3v) is 1.84. The minimum absolute atomic E-state index is 0.607. The van der Waals surface area contributed by atoms with E-state index >= 15 is 0 Å². The van der Waals surface area contributed by atoms with Gasteiger partial charge in [-0.2, -0.15) is 12.6 Å². The quantitative estimate of drug-likeness (QED) is 0.511. The maximum absolute atomic E-state index is 3.99. The lowest BCUT2D eigenvalue weighted by Crippen LogP contribution is -1.72. The Morgan fingerprint density at radius 3 is 2.45 bits per heavy atom. The molecule has 0 unspecified atom stereocenters. The van der Waals surface area contributed by atoms with E-state index in [9.17, 15) is 0 Å². The summed E-state index contributed by atoms with van der Waals surface area (Å²) in [5.41, 5.74) is 1.03. The molecule has 0 N–H and O–H groups in total. The first-order valence-corrected chi connectivity index (χ1v) is 4.61. The predicted octanol–water partition coefficient (Wildman–Crippen LogP) is 2.73. The molecule has 0 nitrogen and oxygen atoms in total. The topological polar surface area (TPSA) is 0 Å². The van der Waals surface area contributed by atoms with Gasteiger partial charge in [0.25, 0.3) is 0 Å². The van der Waals surface area contributed by atoms with Gasteiger partial charge in [-0.1, -0.05) is 27.8 Å². The second-order valence-corrected chi connectivity index (χ2v) is 3.20. The first-order valence-electron chi connectivity index (χ1n) is 3.18. The number of hydrogen-bond donors (Lipinski definition) is 1. The Morgan fingerprint density at radius 1 is 1.27 bits per heavy atom. The van der Waals surface area contributed by atoms with Crippen LogP contribution in [0.1, 0.15) is 5.56 Å². The Morgan fingerprint density at radius 2 is 1.91 bits per heavy atom. The largest absolute Gasteiger partial charge is 0.166 e. The fraction of sp³-hybridized carbons (Fsp3) is 0.111. The Hall–Kier alpha value is -0.390. The van der Waals surface area contributed by atoms with E-state index < -0.39 is 0 Å². The Labute approximate surface area is 80.5 Å². The predicted molar refractivity (Wildman–Crippen MR) is 54.9 cm³/mol. The molecule has 0 spiro atoms. The molecule has 11 heavy (non-hydrogen) atoms. The second-order valence-electron chi connectivity index (χ2n) is 1.97. The van der Waals surface area contributed by atoms with Crippen LogP contribution in [0, 0.1) is 11.8 Å². The van der Waals surface area contributed by atoms with Gasteiger partial charge in [0.1, 0.15) is 0 Å². The molecule has 1 aromatic carbocycles. The molecule has 0 saturated heterocycles. The maximum Gasteiger partial charge on any atom is 0.0521 e. The van der Waals surface area contributed by atoms with Crippen molar-refractivity contribution in [2.45, 2.75) is 0 Å². The van der Waals surface area contributed by atoms with Gasteiger partial charge in [-0.3, -0.25) is 0 Å². The van der Waals surface area contributed by atoms with Gasteiger partial charge >= 0.3 is 0 Å². The lowest BCUT2D eigenvalue weighted by atomic mass is 10.2. The van der Waals surface area contributed by atoms with Crippen molar-refractivity contribution < 1.29 is 0 Å². The molecular weight excluding hydrogens is 220 g/mol. The van der Waals surface area contributed by atoms with Crippen LogP contribution in [0.15, 0.2) is 28.7 Å². The van der Waals surface area contributed by atoms with Crippen molar-refractivity contribution in [1.82, 2.24) is 0 Å². The van der Waals surface area contributed by atoms with Crippen LogP contribution in [-0.2, 0) is 0 Å². The van der Waals surface area contributed by atoms with E-state index in [4.69, 9.17) is 0 Å². The molecule has 0 radical (unpaired) electrons. The van der Waals surface area contributed by atoms with Crippen molar-refractivity contribution in [3.63, 3.8) is 0 Å². The van der Waals surface area contributed by atoms with E-state index in [1.807, 2.05) is 24.3 Å². The van der Waals surface area contributed by atoms with E-state index in [0.717, 1.165) is 10.0 Å². The van der Waals surface area contributed by atoms with E-state index in [0.29, 0.717) is 5.75 Å². The summed E-state index contributed by atoms with van der Waals surface area (Å²) >= 11 is 7.34. The molecule has 0 aliphatic heterocycles. The molecular formula is C9H7BrS. The van der Waals surface area contributed by atoms with E-state index in [1.165, 1.54) is 0 Å². The van der Waals surface area contributed by atoms with Crippen LogP contribution in [0.3, 0.4) is 0 Å². The summed E-state index contributed by atoms with van der Waals surface area (Å²) in [4.78, 5) is 0. The minimum Gasteiger partial charge on any atom is -0.166 e. The lowest BCUT2D eigenvalue weighted by molar-refractivity contribution is 1.60. The van der Waals surface area contributed by atoms with Gasteiger partial charge in [0.15, 0.2) is 0 Å². The lowest BCUT2D eigenvalue weighted by Gasteiger charge is -1.89. The zero-order valence-electron chi connectivity index (χ0n) is 5.84. The Balaban J connectivity index is 2.82. The normalized spacial score (nSPS) is 8.55.